The number of sulfonamides is 1. The van der Waals surface area contributed by atoms with Gasteiger partial charge in [0.1, 0.15) is 0 Å². The lowest BCUT2D eigenvalue weighted by Gasteiger charge is -2.19. The summed E-state index contributed by atoms with van der Waals surface area (Å²) in [6, 6.07) is 7.23. The quantitative estimate of drug-likeness (QED) is 0.767. The molecule has 1 aromatic carbocycles. The predicted octanol–water partition coefficient (Wildman–Crippen LogP) is 2.60. The van der Waals surface area contributed by atoms with E-state index in [4.69, 9.17) is 0 Å². The fraction of sp³-hybridized carbons (Fsp3) is 0.471. The molecule has 7 heteroatoms. The van der Waals surface area contributed by atoms with Gasteiger partial charge in [-0.05, 0) is 31.5 Å². The van der Waals surface area contributed by atoms with E-state index in [1.807, 2.05) is 39.1 Å². The number of benzene rings is 1. The summed E-state index contributed by atoms with van der Waals surface area (Å²) in [6.45, 7) is 9.40. The summed E-state index contributed by atoms with van der Waals surface area (Å²) in [7, 11) is -3.40. The molecule has 0 saturated carbocycles. The van der Waals surface area contributed by atoms with Crippen LogP contribution in [-0.2, 0) is 16.6 Å². The van der Waals surface area contributed by atoms with Crippen molar-refractivity contribution >= 4 is 10.0 Å². The van der Waals surface area contributed by atoms with E-state index < -0.39 is 10.0 Å². The van der Waals surface area contributed by atoms with E-state index in [0.29, 0.717) is 24.5 Å². The van der Waals surface area contributed by atoms with Crippen LogP contribution in [0.5, 0.6) is 0 Å². The summed E-state index contributed by atoms with van der Waals surface area (Å²) in [5, 5.41) is 10.3. The first-order chi connectivity index (χ1) is 11.4. The number of nitrogens with zero attached hydrogens (tertiary/aromatic N) is 2. The molecule has 0 aliphatic heterocycles. The highest BCUT2D eigenvalue weighted by molar-refractivity contribution is 7.89. The molecule has 0 aliphatic rings. The first kappa shape index (κ1) is 18.6. The van der Waals surface area contributed by atoms with E-state index in [9.17, 15) is 8.42 Å². The van der Waals surface area contributed by atoms with Gasteiger partial charge in [-0.25, -0.2) is 8.42 Å². The van der Waals surface area contributed by atoms with Crippen LogP contribution in [0.15, 0.2) is 35.4 Å². The Morgan fingerprint density at radius 2 is 1.83 bits per heavy atom. The molecule has 0 bridgehead atoms. The zero-order valence-corrected chi connectivity index (χ0v) is 15.5. The largest absolute Gasteiger partial charge is 0.306 e. The van der Waals surface area contributed by atoms with Gasteiger partial charge in [-0.15, -0.1) is 0 Å². The fourth-order valence-electron chi connectivity index (χ4n) is 2.58. The van der Waals surface area contributed by atoms with Gasteiger partial charge in [0.05, 0.1) is 11.1 Å². The van der Waals surface area contributed by atoms with E-state index in [1.165, 1.54) is 4.31 Å². The molecule has 0 radical (unpaired) electrons. The lowest BCUT2D eigenvalue weighted by Crippen LogP contribution is -2.30. The topological polar surface area (TPSA) is 78.1 Å². The summed E-state index contributed by atoms with van der Waals surface area (Å²) in [4.78, 5) is 0.341. The fourth-order valence-corrected chi connectivity index (χ4v) is 4.03. The Morgan fingerprint density at radius 3 is 2.33 bits per heavy atom. The molecule has 1 atom stereocenters. The maximum absolute atomic E-state index is 12.5. The van der Waals surface area contributed by atoms with Crippen LogP contribution >= 0.6 is 0 Å². The average molecular weight is 350 g/mol. The van der Waals surface area contributed by atoms with E-state index in [2.05, 4.69) is 22.4 Å². The van der Waals surface area contributed by atoms with Crippen LogP contribution in [0.25, 0.3) is 0 Å². The van der Waals surface area contributed by atoms with Crippen LogP contribution in [0.4, 0.5) is 0 Å². The molecular weight excluding hydrogens is 324 g/mol. The number of nitrogens with one attached hydrogen (secondary N) is 2. The first-order valence-electron chi connectivity index (χ1n) is 8.22. The number of rotatable bonds is 8. The minimum Gasteiger partial charge on any atom is -0.306 e. The highest BCUT2D eigenvalue weighted by atomic mass is 32.2. The van der Waals surface area contributed by atoms with Crippen LogP contribution in [-0.4, -0.2) is 36.0 Å². The third-order valence-corrected chi connectivity index (χ3v) is 6.32. The van der Waals surface area contributed by atoms with Gasteiger partial charge in [-0.3, -0.25) is 5.10 Å². The Hall–Kier alpha value is -1.70. The van der Waals surface area contributed by atoms with Crippen molar-refractivity contribution in [2.24, 2.45) is 0 Å². The summed E-state index contributed by atoms with van der Waals surface area (Å²) >= 11 is 0. The average Bonchev–Trinajstić information content (AvgIpc) is 2.98. The van der Waals surface area contributed by atoms with Gasteiger partial charge in [0.2, 0.25) is 10.0 Å². The van der Waals surface area contributed by atoms with Gasteiger partial charge in [0, 0.05) is 36.9 Å². The second kappa shape index (κ2) is 7.92. The molecule has 6 nitrogen and oxygen atoms in total. The Balaban J connectivity index is 2.07. The number of aromatic nitrogens is 2. The zero-order valence-electron chi connectivity index (χ0n) is 14.7. The van der Waals surface area contributed by atoms with Crippen molar-refractivity contribution in [1.29, 1.82) is 0 Å². The summed E-state index contributed by atoms with van der Waals surface area (Å²) in [6.07, 6.45) is 1.81. The van der Waals surface area contributed by atoms with Crippen LogP contribution < -0.4 is 5.32 Å². The summed E-state index contributed by atoms with van der Waals surface area (Å²) < 4.78 is 26.5. The molecule has 2 aromatic rings. The Bertz CT molecular complexity index is 749. The molecule has 0 saturated heterocycles. The second-order valence-corrected chi connectivity index (χ2v) is 7.72. The SMILES string of the molecule is CCN(CC)S(=O)(=O)c1ccc(C(C)NCc2cn[nH]c2C)cc1. The van der Waals surface area contributed by atoms with Crippen LogP contribution in [0.3, 0.4) is 0 Å². The van der Waals surface area contributed by atoms with Crippen molar-refractivity contribution < 1.29 is 8.42 Å². The van der Waals surface area contributed by atoms with Crippen molar-refractivity contribution in [3.8, 4) is 0 Å². The first-order valence-corrected chi connectivity index (χ1v) is 9.66. The predicted molar refractivity (Wildman–Crippen MR) is 95.1 cm³/mol. The molecule has 0 spiro atoms. The molecule has 0 fully saturated rings. The van der Waals surface area contributed by atoms with E-state index in [0.717, 1.165) is 16.8 Å². The summed E-state index contributed by atoms with van der Waals surface area (Å²) in [5.41, 5.74) is 3.23. The van der Waals surface area contributed by atoms with Gasteiger partial charge in [0.25, 0.3) is 0 Å². The Morgan fingerprint density at radius 1 is 1.21 bits per heavy atom. The minimum absolute atomic E-state index is 0.115. The van der Waals surface area contributed by atoms with E-state index >= 15 is 0 Å². The maximum Gasteiger partial charge on any atom is 0.243 e. The molecule has 1 unspecified atom stereocenters. The van der Waals surface area contributed by atoms with Crippen LogP contribution in [0, 0.1) is 6.92 Å². The Labute approximate surface area is 144 Å². The molecule has 132 valence electrons. The minimum atomic E-state index is -3.40. The molecule has 0 amide bonds. The monoisotopic (exact) mass is 350 g/mol. The van der Waals surface area contributed by atoms with Crippen molar-refractivity contribution in [3.63, 3.8) is 0 Å². The van der Waals surface area contributed by atoms with Crippen molar-refractivity contribution in [2.45, 2.75) is 45.2 Å². The number of hydrogen-bond donors (Lipinski definition) is 2. The highest BCUT2D eigenvalue weighted by Gasteiger charge is 2.21. The number of H-pyrrole nitrogens is 1. The highest BCUT2D eigenvalue weighted by Crippen LogP contribution is 2.19. The van der Waals surface area contributed by atoms with Gasteiger partial charge in [-0.2, -0.15) is 9.40 Å². The third kappa shape index (κ3) is 4.03. The molecule has 24 heavy (non-hydrogen) atoms. The number of aryl methyl sites for hydroxylation is 1. The van der Waals surface area contributed by atoms with Crippen molar-refractivity contribution in [1.82, 2.24) is 19.8 Å². The van der Waals surface area contributed by atoms with Crippen molar-refractivity contribution in [2.75, 3.05) is 13.1 Å². The van der Waals surface area contributed by atoms with Gasteiger partial charge in [-0.1, -0.05) is 26.0 Å². The zero-order chi connectivity index (χ0) is 17.7. The maximum atomic E-state index is 12.5. The van der Waals surface area contributed by atoms with Gasteiger partial charge >= 0.3 is 0 Å². The number of hydrogen-bond acceptors (Lipinski definition) is 4. The van der Waals surface area contributed by atoms with E-state index in [-0.39, 0.29) is 6.04 Å². The molecule has 1 aromatic heterocycles. The molecule has 0 aliphatic carbocycles. The second-order valence-electron chi connectivity index (χ2n) is 5.78. The van der Waals surface area contributed by atoms with Crippen LogP contribution in [0.2, 0.25) is 0 Å². The molecule has 2 rings (SSSR count). The smallest absolute Gasteiger partial charge is 0.243 e. The van der Waals surface area contributed by atoms with Crippen LogP contribution in [0.1, 0.15) is 43.6 Å². The molecule has 1 heterocycles. The summed E-state index contributed by atoms with van der Waals surface area (Å²) in [5.74, 6) is 0. The Kier molecular flexibility index (Phi) is 6.15. The standard InChI is InChI=1S/C17H26N4O2S/c1-5-21(6-2)24(22,23)17-9-7-15(8-10-17)13(3)18-11-16-12-19-20-14(16)4/h7-10,12-13,18H,5-6,11H2,1-4H3,(H,19,20). The van der Waals surface area contributed by atoms with Crippen molar-refractivity contribution in [3.05, 3.63) is 47.3 Å². The molecular formula is C17H26N4O2S. The third-order valence-electron chi connectivity index (χ3n) is 4.26. The van der Waals surface area contributed by atoms with Gasteiger partial charge < -0.3 is 5.32 Å². The normalized spacial score (nSPS) is 13.4. The van der Waals surface area contributed by atoms with Gasteiger partial charge in [0.15, 0.2) is 0 Å². The lowest BCUT2D eigenvalue weighted by molar-refractivity contribution is 0.445. The van der Waals surface area contributed by atoms with E-state index in [1.54, 1.807) is 12.1 Å². The lowest BCUT2D eigenvalue weighted by atomic mass is 10.1. The molecule has 2 N–H and O–H groups in total. The number of aromatic amines is 1.